The lowest BCUT2D eigenvalue weighted by molar-refractivity contribution is -0.141. The summed E-state index contributed by atoms with van der Waals surface area (Å²) in [7, 11) is 0. The lowest BCUT2D eigenvalue weighted by Gasteiger charge is -2.28. The van der Waals surface area contributed by atoms with Crippen molar-refractivity contribution in [2.45, 2.75) is 178 Å². The molecule has 0 saturated carbocycles. The van der Waals surface area contributed by atoms with Gasteiger partial charge in [0.25, 0.3) is 0 Å². The number of hydrogen-bond acceptors (Lipinski definition) is 15. The number of carboxylic acid groups (broad SMARTS) is 2. The summed E-state index contributed by atoms with van der Waals surface area (Å²) in [5, 5.41) is 78.3. The van der Waals surface area contributed by atoms with Crippen LogP contribution < -0.4 is 48.3 Å². The predicted octanol–water partition coefficient (Wildman–Crippen LogP) is -2.65. The molecule has 0 bridgehead atoms. The maximum atomic E-state index is 14.1. The van der Waals surface area contributed by atoms with Crippen LogP contribution in [0.1, 0.15) is 123 Å². The number of carboxylic acids is 2. The first-order valence-electron chi connectivity index (χ1n) is 24.8. The van der Waals surface area contributed by atoms with Crippen molar-refractivity contribution in [3.63, 3.8) is 0 Å². The van der Waals surface area contributed by atoms with E-state index in [0.29, 0.717) is 18.8 Å². The number of nitrogens with one attached hydrogen (secondary N) is 8. The molecule has 2 rings (SSSR count). The predicted molar refractivity (Wildman–Crippen MR) is 262 cm³/mol. The number of aliphatic hydroxyl groups excluding tert-OH is 3. The third kappa shape index (κ3) is 24.2. The normalized spacial score (nSPS) is 23.8. The highest BCUT2D eigenvalue weighted by molar-refractivity contribution is 5.99. The highest BCUT2D eigenvalue weighted by Gasteiger charge is 2.36. The quantitative estimate of drug-likeness (QED) is 0.0498. The van der Waals surface area contributed by atoms with Crippen molar-refractivity contribution >= 4 is 65.1 Å². The highest BCUT2D eigenvalue weighted by Crippen LogP contribution is 2.16. The summed E-state index contributed by atoms with van der Waals surface area (Å²) in [6.45, 7) is 3.12. The van der Waals surface area contributed by atoms with E-state index in [4.69, 9.17) is 5.73 Å². The zero-order valence-corrected chi connectivity index (χ0v) is 42.1. The lowest BCUT2D eigenvalue weighted by Crippen LogP contribution is -2.62. The largest absolute Gasteiger partial charge is 0.508 e. The number of hydrogen-bond donors (Lipinski definition) is 15. The monoisotopic (exact) mass is 1050 g/mol. The van der Waals surface area contributed by atoms with Crippen molar-refractivity contribution in [1.82, 2.24) is 42.5 Å². The maximum absolute atomic E-state index is 14.1. The Kier molecular flexibility index (Phi) is 28.2. The number of amides is 9. The Balaban J connectivity index is 2.67. The molecule has 7 unspecified atom stereocenters. The SMILES string of the molecule is CC(C)CCCCCCCCCCC1CC(=O)NC(CC(=O)O)C(=O)NC(Cc2ccc(O)cc2)C(=O)NC(CC(N)=O)C(=O)NC(CO)C(=O)NC(CCC(=O)O)C(=O)NC(CO)C(=O)N[C@@H]([C@@H](C)O)C(=O)N1. The van der Waals surface area contributed by atoms with Crippen molar-refractivity contribution in [3.8, 4) is 5.75 Å². The van der Waals surface area contributed by atoms with E-state index in [-0.39, 0.29) is 17.7 Å². The molecular formula is C48H75N9O17. The van der Waals surface area contributed by atoms with Gasteiger partial charge in [0.05, 0.1) is 32.2 Å². The molecule has 0 radical (unpaired) electrons. The maximum Gasteiger partial charge on any atom is 0.305 e. The summed E-state index contributed by atoms with van der Waals surface area (Å²) >= 11 is 0. The van der Waals surface area contributed by atoms with Crippen molar-refractivity contribution in [3.05, 3.63) is 29.8 Å². The summed E-state index contributed by atoms with van der Waals surface area (Å²) in [5.41, 5.74) is 5.67. The van der Waals surface area contributed by atoms with Crippen molar-refractivity contribution < 1.29 is 83.4 Å². The van der Waals surface area contributed by atoms with Gasteiger partial charge in [-0.3, -0.25) is 52.7 Å². The first-order valence-corrected chi connectivity index (χ1v) is 24.8. The van der Waals surface area contributed by atoms with Crippen LogP contribution in [0.15, 0.2) is 24.3 Å². The Hall–Kier alpha value is -6.93. The minimum atomic E-state index is -1.99. The number of benzene rings is 1. The number of aromatic hydroxyl groups is 1. The Bertz CT molecular complexity index is 2070. The van der Waals surface area contributed by atoms with Gasteiger partial charge in [-0.15, -0.1) is 0 Å². The molecule has 0 spiro atoms. The van der Waals surface area contributed by atoms with E-state index in [9.17, 15) is 83.4 Å². The molecule has 1 fully saturated rings. The van der Waals surface area contributed by atoms with Gasteiger partial charge in [-0.25, -0.2) is 0 Å². The zero-order chi connectivity index (χ0) is 55.5. The number of phenols is 1. The second-order valence-electron chi connectivity index (χ2n) is 18.8. The van der Waals surface area contributed by atoms with Crippen LogP contribution in [0.4, 0.5) is 0 Å². The van der Waals surface area contributed by atoms with Gasteiger partial charge in [0.1, 0.15) is 48.0 Å². The molecule has 1 heterocycles. The highest BCUT2D eigenvalue weighted by atomic mass is 16.4. The third-order valence-corrected chi connectivity index (χ3v) is 11.9. The molecule has 414 valence electrons. The number of carbonyl (C=O) groups excluding carboxylic acids is 9. The van der Waals surface area contributed by atoms with E-state index in [0.717, 1.165) is 51.9 Å². The fraction of sp³-hybridized carbons (Fsp3) is 0.646. The van der Waals surface area contributed by atoms with Crippen molar-refractivity contribution in [2.24, 2.45) is 11.7 Å². The molecular weight excluding hydrogens is 975 g/mol. The van der Waals surface area contributed by atoms with E-state index >= 15 is 0 Å². The van der Waals surface area contributed by atoms with Crippen LogP contribution in [-0.4, -0.2) is 163 Å². The molecule has 9 amide bonds. The van der Waals surface area contributed by atoms with Gasteiger partial charge < -0.3 is 78.9 Å². The lowest BCUT2D eigenvalue weighted by atomic mass is 10.0. The van der Waals surface area contributed by atoms with Gasteiger partial charge in [-0.1, -0.05) is 83.8 Å². The topological polar surface area (TPSA) is 431 Å². The smallest absolute Gasteiger partial charge is 0.305 e. The molecule has 1 aromatic carbocycles. The van der Waals surface area contributed by atoms with Crippen LogP contribution in [-0.2, 0) is 59.2 Å². The molecule has 74 heavy (non-hydrogen) atoms. The molecule has 1 aliphatic heterocycles. The van der Waals surface area contributed by atoms with Gasteiger partial charge in [-0.05, 0) is 43.4 Å². The van der Waals surface area contributed by atoms with E-state index in [1.165, 1.54) is 24.3 Å². The first kappa shape index (κ1) is 63.2. The number of primary amides is 1. The third-order valence-electron chi connectivity index (χ3n) is 11.9. The molecule has 1 aliphatic rings. The standard InChI is InChI=1S/C48H75N9O17/c1-26(2)12-10-8-6-4-5-7-9-11-13-29-21-38(63)51-34(23-40(66)67)45(71)53-32(20-28-14-16-30(61)17-15-28)43(69)54-33(22-37(49)62)44(70)56-35(24-58)46(72)52-31(18-19-39(64)65)42(68)55-36(25-59)47(73)57-41(27(3)60)48(74)50-29/h14-17,26-27,29,31-36,41,58-61H,4-13,18-25H2,1-3H3,(H2,49,62)(H,50,74)(H,51,63)(H,52,72)(H,53,71)(H,54,69)(H,55,68)(H,56,70)(H,57,73)(H,64,65)(H,66,67)/t27-,29?,31?,32?,33?,34?,35?,36?,41+/m1/s1. The molecule has 1 aromatic rings. The summed E-state index contributed by atoms with van der Waals surface area (Å²) in [5.74, 6) is -13.3. The Labute approximate surface area is 428 Å². The van der Waals surface area contributed by atoms with Crippen LogP contribution in [0.25, 0.3) is 0 Å². The van der Waals surface area contributed by atoms with Crippen molar-refractivity contribution in [2.75, 3.05) is 13.2 Å². The average molecular weight is 1050 g/mol. The Morgan fingerprint density at radius 2 is 1.01 bits per heavy atom. The number of phenolic OH excluding ortho intramolecular Hbond substituents is 1. The number of rotatable bonds is 23. The van der Waals surface area contributed by atoms with E-state index in [2.05, 4.69) is 56.4 Å². The Morgan fingerprint density at radius 1 is 0.554 bits per heavy atom. The molecule has 9 atom stereocenters. The fourth-order valence-corrected chi connectivity index (χ4v) is 7.81. The van der Waals surface area contributed by atoms with Crippen LogP contribution in [0, 0.1) is 5.92 Å². The number of aliphatic hydroxyl groups is 3. The van der Waals surface area contributed by atoms with Crippen LogP contribution >= 0.6 is 0 Å². The summed E-state index contributed by atoms with van der Waals surface area (Å²) in [6, 6.07) is -8.96. The van der Waals surface area contributed by atoms with Crippen LogP contribution in [0.5, 0.6) is 5.75 Å². The first-order chi connectivity index (χ1) is 34.9. The van der Waals surface area contributed by atoms with E-state index < -0.39 is 171 Å². The number of aliphatic carboxylic acids is 2. The van der Waals surface area contributed by atoms with Gasteiger partial charge in [0.15, 0.2) is 0 Å². The summed E-state index contributed by atoms with van der Waals surface area (Å²) in [6.07, 6.45) is 2.37. The molecule has 1 saturated heterocycles. The second-order valence-corrected chi connectivity index (χ2v) is 18.8. The summed E-state index contributed by atoms with van der Waals surface area (Å²) < 4.78 is 0. The van der Waals surface area contributed by atoms with Gasteiger partial charge in [-0.2, -0.15) is 0 Å². The zero-order valence-electron chi connectivity index (χ0n) is 42.1. The number of carbonyl (C=O) groups is 11. The van der Waals surface area contributed by atoms with E-state index in [1.807, 2.05) is 0 Å². The minimum absolute atomic E-state index is 0.134. The minimum Gasteiger partial charge on any atom is -0.508 e. The number of nitrogens with two attached hydrogens (primary N) is 1. The Morgan fingerprint density at radius 3 is 1.53 bits per heavy atom. The summed E-state index contributed by atoms with van der Waals surface area (Å²) in [4.78, 5) is 146. The average Bonchev–Trinajstić information content (AvgIpc) is 3.32. The molecule has 26 nitrogen and oxygen atoms in total. The molecule has 16 N–H and O–H groups in total. The number of unbranched alkanes of at least 4 members (excludes halogenated alkanes) is 7. The van der Waals surface area contributed by atoms with Crippen LogP contribution in [0.3, 0.4) is 0 Å². The molecule has 0 aromatic heterocycles. The molecule has 26 heteroatoms. The fourth-order valence-electron chi connectivity index (χ4n) is 7.81. The van der Waals surface area contributed by atoms with Gasteiger partial charge >= 0.3 is 11.9 Å². The van der Waals surface area contributed by atoms with Gasteiger partial charge in [0.2, 0.25) is 53.2 Å². The second kappa shape index (κ2) is 33.0. The van der Waals surface area contributed by atoms with Crippen molar-refractivity contribution in [1.29, 1.82) is 0 Å². The van der Waals surface area contributed by atoms with Gasteiger partial charge in [0, 0.05) is 25.3 Å². The van der Waals surface area contributed by atoms with E-state index in [1.54, 1.807) is 0 Å². The van der Waals surface area contributed by atoms with Crippen LogP contribution in [0.2, 0.25) is 0 Å². The molecule has 0 aliphatic carbocycles.